The Bertz CT molecular complexity index is 458. The van der Waals surface area contributed by atoms with Gasteiger partial charge in [0.25, 0.3) is 0 Å². The Morgan fingerprint density at radius 1 is 1.47 bits per heavy atom. The third-order valence-electron chi connectivity index (χ3n) is 4.07. The van der Waals surface area contributed by atoms with E-state index in [0.29, 0.717) is 23.8 Å². The zero-order valence-corrected chi connectivity index (χ0v) is 11.5. The predicted molar refractivity (Wildman–Crippen MR) is 76.7 cm³/mol. The van der Waals surface area contributed by atoms with Crippen molar-refractivity contribution < 1.29 is 0 Å². The average molecular weight is 258 g/mol. The molecule has 0 bridgehead atoms. The van der Waals surface area contributed by atoms with Crippen LogP contribution in [0.5, 0.6) is 0 Å². The van der Waals surface area contributed by atoms with E-state index in [1.807, 2.05) is 13.0 Å². The average Bonchev–Trinajstić information content (AvgIpc) is 2.46. The molecule has 1 heterocycles. The van der Waals surface area contributed by atoms with Crippen molar-refractivity contribution >= 4 is 5.82 Å². The highest BCUT2D eigenvalue weighted by Gasteiger charge is 2.23. The van der Waals surface area contributed by atoms with Crippen molar-refractivity contribution in [2.75, 3.05) is 11.9 Å². The molecule has 0 saturated heterocycles. The van der Waals surface area contributed by atoms with Gasteiger partial charge in [-0.05, 0) is 37.3 Å². The van der Waals surface area contributed by atoms with Gasteiger partial charge in [-0.3, -0.25) is 0 Å². The lowest BCUT2D eigenvalue weighted by Crippen LogP contribution is -2.37. The number of nitrogens with zero attached hydrogens (tertiary/aromatic N) is 2. The van der Waals surface area contributed by atoms with Gasteiger partial charge in [0.2, 0.25) is 0 Å². The Kier molecular flexibility index (Phi) is 4.75. The van der Waals surface area contributed by atoms with Crippen molar-refractivity contribution in [1.82, 2.24) is 4.98 Å². The van der Waals surface area contributed by atoms with Gasteiger partial charge in [0.1, 0.15) is 11.9 Å². The molecule has 1 unspecified atom stereocenters. The summed E-state index contributed by atoms with van der Waals surface area (Å²) in [5.74, 6) is 1.29. The lowest BCUT2D eigenvalue weighted by atomic mass is 9.84. The minimum absolute atomic E-state index is 0.224. The molecule has 4 heteroatoms. The molecule has 1 aliphatic rings. The van der Waals surface area contributed by atoms with E-state index in [1.165, 1.54) is 32.1 Å². The van der Waals surface area contributed by atoms with Crippen LogP contribution in [-0.4, -0.2) is 17.6 Å². The van der Waals surface area contributed by atoms with Crippen molar-refractivity contribution in [2.45, 2.75) is 45.1 Å². The Morgan fingerprint density at radius 2 is 2.21 bits per heavy atom. The summed E-state index contributed by atoms with van der Waals surface area (Å²) in [5, 5.41) is 12.6. The lowest BCUT2D eigenvalue weighted by molar-refractivity contribution is 0.320. The highest BCUT2D eigenvalue weighted by molar-refractivity contribution is 5.55. The van der Waals surface area contributed by atoms with Crippen LogP contribution in [0.2, 0.25) is 0 Å². The van der Waals surface area contributed by atoms with Crippen LogP contribution in [0, 0.1) is 24.2 Å². The van der Waals surface area contributed by atoms with Gasteiger partial charge in [-0.15, -0.1) is 0 Å². The Morgan fingerprint density at radius 3 is 2.84 bits per heavy atom. The molecule has 2 rings (SSSR count). The largest absolute Gasteiger partial charge is 0.365 e. The van der Waals surface area contributed by atoms with Crippen LogP contribution in [0.1, 0.15) is 43.2 Å². The maximum Gasteiger partial charge on any atom is 0.144 e. The molecule has 0 amide bonds. The molecule has 0 aromatic carbocycles. The van der Waals surface area contributed by atoms with E-state index in [1.54, 1.807) is 6.20 Å². The standard InChI is InChI=1S/C15H22N4/c1-11-7-8-18-15(13(11)9-16)19-14(10-17)12-5-3-2-4-6-12/h7-8,12,14H,2-6,10,17H2,1H3,(H,18,19). The van der Waals surface area contributed by atoms with Gasteiger partial charge in [0.05, 0.1) is 5.56 Å². The molecule has 1 fully saturated rings. The molecule has 0 radical (unpaired) electrons. The summed E-state index contributed by atoms with van der Waals surface area (Å²) in [7, 11) is 0. The zero-order valence-electron chi connectivity index (χ0n) is 11.5. The van der Waals surface area contributed by atoms with E-state index < -0.39 is 0 Å². The summed E-state index contributed by atoms with van der Waals surface area (Å²) in [5.41, 5.74) is 7.50. The van der Waals surface area contributed by atoms with Crippen LogP contribution in [-0.2, 0) is 0 Å². The van der Waals surface area contributed by atoms with Gasteiger partial charge in [0, 0.05) is 18.8 Å². The number of nitrogens with two attached hydrogens (primary N) is 1. The van der Waals surface area contributed by atoms with Gasteiger partial charge >= 0.3 is 0 Å². The highest BCUT2D eigenvalue weighted by Crippen LogP contribution is 2.28. The first kappa shape index (κ1) is 13.8. The number of hydrogen-bond acceptors (Lipinski definition) is 4. The van der Waals surface area contributed by atoms with Gasteiger partial charge in [-0.2, -0.15) is 5.26 Å². The first-order valence-electron chi connectivity index (χ1n) is 7.08. The fourth-order valence-corrected chi connectivity index (χ4v) is 2.89. The van der Waals surface area contributed by atoms with Crippen LogP contribution in [0.4, 0.5) is 5.82 Å². The Labute approximate surface area is 115 Å². The van der Waals surface area contributed by atoms with E-state index in [9.17, 15) is 5.26 Å². The van der Waals surface area contributed by atoms with Crippen LogP contribution >= 0.6 is 0 Å². The van der Waals surface area contributed by atoms with E-state index >= 15 is 0 Å². The number of pyridine rings is 1. The SMILES string of the molecule is Cc1ccnc(NC(CN)C2CCCCC2)c1C#N. The van der Waals surface area contributed by atoms with Gasteiger partial charge in [-0.25, -0.2) is 4.98 Å². The van der Waals surface area contributed by atoms with Crippen molar-refractivity contribution in [3.8, 4) is 6.07 Å². The molecule has 4 nitrogen and oxygen atoms in total. The third-order valence-corrected chi connectivity index (χ3v) is 4.07. The second kappa shape index (κ2) is 6.53. The van der Waals surface area contributed by atoms with Crippen LogP contribution in [0.3, 0.4) is 0 Å². The van der Waals surface area contributed by atoms with E-state index in [-0.39, 0.29) is 6.04 Å². The molecule has 1 atom stereocenters. The Balaban J connectivity index is 2.14. The fraction of sp³-hybridized carbons (Fsp3) is 0.600. The summed E-state index contributed by atoms with van der Waals surface area (Å²) in [4.78, 5) is 4.30. The number of aryl methyl sites for hydroxylation is 1. The minimum atomic E-state index is 0.224. The van der Waals surface area contributed by atoms with Gasteiger partial charge < -0.3 is 11.1 Å². The highest BCUT2D eigenvalue weighted by atomic mass is 15.0. The summed E-state index contributed by atoms with van der Waals surface area (Å²) < 4.78 is 0. The smallest absolute Gasteiger partial charge is 0.144 e. The normalized spacial score (nSPS) is 17.7. The number of nitriles is 1. The lowest BCUT2D eigenvalue weighted by Gasteiger charge is -2.30. The second-order valence-electron chi connectivity index (χ2n) is 5.35. The molecule has 3 N–H and O–H groups in total. The second-order valence-corrected chi connectivity index (χ2v) is 5.35. The molecule has 102 valence electrons. The summed E-state index contributed by atoms with van der Waals surface area (Å²) in [6.07, 6.45) is 8.10. The molecule has 19 heavy (non-hydrogen) atoms. The topological polar surface area (TPSA) is 74.7 Å². The Hall–Kier alpha value is -1.60. The number of anilines is 1. The quantitative estimate of drug-likeness (QED) is 0.870. The molecular formula is C15H22N4. The fourth-order valence-electron chi connectivity index (χ4n) is 2.89. The van der Waals surface area contributed by atoms with Crippen LogP contribution in [0.25, 0.3) is 0 Å². The van der Waals surface area contributed by atoms with Crippen LogP contribution in [0.15, 0.2) is 12.3 Å². The van der Waals surface area contributed by atoms with Crippen molar-refractivity contribution in [3.05, 3.63) is 23.4 Å². The van der Waals surface area contributed by atoms with E-state index in [2.05, 4.69) is 16.4 Å². The van der Waals surface area contributed by atoms with Gasteiger partial charge in [0.15, 0.2) is 0 Å². The molecule has 0 spiro atoms. The number of aromatic nitrogens is 1. The van der Waals surface area contributed by atoms with E-state index in [4.69, 9.17) is 5.73 Å². The maximum atomic E-state index is 9.23. The number of hydrogen-bond donors (Lipinski definition) is 2. The number of nitrogens with one attached hydrogen (secondary N) is 1. The summed E-state index contributed by atoms with van der Waals surface area (Å²) in [6.45, 7) is 2.52. The van der Waals surface area contributed by atoms with E-state index in [0.717, 1.165) is 5.56 Å². The molecule has 0 aliphatic heterocycles. The van der Waals surface area contributed by atoms with Gasteiger partial charge in [-0.1, -0.05) is 19.3 Å². The maximum absolute atomic E-state index is 9.23. The molecule has 1 aromatic heterocycles. The zero-order chi connectivity index (χ0) is 13.7. The summed E-state index contributed by atoms with van der Waals surface area (Å²) in [6, 6.07) is 4.32. The molecular weight excluding hydrogens is 236 g/mol. The molecule has 1 aromatic rings. The number of rotatable bonds is 4. The third kappa shape index (κ3) is 3.24. The molecule has 1 saturated carbocycles. The van der Waals surface area contributed by atoms with Crippen molar-refractivity contribution in [3.63, 3.8) is 0 Å². The summed E-state index contributed by atoms with van der Waals surface area (Å²) >= 11 is 0. The van der Waals surface area contributed by atoms with Crippen molar-refractivity contribution in [2.24, 2.45) is 11.7 Å². The van der Waals surface area contributed by atoms with Crippen LogP contribution < -0.4 is 11.1 Å². The molecule has 1 aliphatic carbocycles. The minimum Gasteiger partial charge on any atom is -0.365 e. The first-order valence-corrected chi connectivity index (χ1v) is 7.08. The predicted octanol–water partition coefficient (Wildman–Crippen LogP) is 2.58. The monoisotopic (exact) mass is 258 g/mol. The van der Waals surface area contributed by atoms with Crippen molar-refractivity contribution in [1.29, 1.82) is 5.26 Å². The first-order chi connectivity index (χ1) is 9.26.